The largest absolute Gasteiger partial charge is 0.493 e. The number of ether oxygens (including phenoxy) is 1. The Hall–Kier alpha value is -1.13. The Kier molecular flexibility index (Phi) is 5.16. The molecule has 1 atom stereocenters. The minimum Gasteiger partial charge on any atom is -0.493 e. The van der Waals surface area contributed by atoms with Crippen LogP contribution < -0.4 is 10.5 Å². The second-order valence-electron chi connectivity index (χ2n) is 5.26. The number of para-hydroxylation sites is 1. The van der Waals surface area contributed by atoms with Crippen LogP contribution >= 0.6 is 12.2 Å². The zero-order valence-corrected chi connectivity index (χ0v) is 12.3. The molecule has 1 heterocycles. The third-order valence-corrected chi connectivity index (χ3v) is 3.76. The van der Waals surface area contributed by atoms with Gasteiger partial charge < -0.3 is 15.4 Å². The molecule has 0 radical (unpaired) electrons. The topological polar surface area (TPSA) is 38.5 Å². The van der Waals surface area contributed by atoms with Gasteiger partial charge in [0.25, 0.3) is 0 Å². The maximum absolute atomic E-state index is 5.79. The highest BCUT2D eigenvalue weighted by atomic mass is 32.1. The van der Waals surface area contributed by atoms with E-state index in [4.69, 9.17) is 22.7 Å². The van der Waals surface area contributed by atoms with Crippen LogP contribution in [0.2, 0.25) is 0 Å². The first-order chi connectivity index (χ1) is 9.16. The number of benzene rings is 1. The van der Waals surface area contributed by atoms with Crippen molar-refractivity contribution in [3.8, 4) is 5.75 Å². The summed E-state index contributed by atoms with van der Waals surface area (Å²) in [5.74, 6) is 1.64. The van der Waals surface area contributed by atoms with E-state index in [1.807, 2.05) is 24.3 Å². The van der Waals surface area contributed by atoms with Crippen LogP contribution in [-0.4, -0.2) is 36.1 Å². The SMILES string of the molecule is CC1CCN(CCCOc2ccccc2C(N)=S)C1. The summed E-state index contributed by atoms with van der Waals surface area (Å²) in [6.45, 7) is 6.59. The zero-order chi connectivity index (χ0) is 13.7. The predicted molar refractivity (Wildman–Crippen MR) is 82.7 cm³/mol. The van der Waals surface area contributed by atoms with Gasteiger partial charge in [0.15, 0.2) is 0 Å². The van der Waals surface area contributed by atoms with Gasteiger partial charge in [-0.2, -0.15) is 0 Å². The van der Waals surface area contributed by atoms with Gasteiger partial charge in [0.1, 0.15) is 10.7 Å². The number of nitrogens with zero attached hydrogens (tertiary/aromatic N) is 1. The fourth-order valence-electron chi connectivity index (χ4n) is 2.50. The average molecular weight is 278 g/mol. The first-order valence-electron chi connectivity index (χ1n) is 6.91. The van der Waals surface area contributed by atoms with E-state index in [0.29, 0.717) is 11.6 Å². The molecule has 0 aromatic heterocycles. The van der Waals surface area contributed by atoms with Crippen LogP contribution in [0.1, 0.15) is 25.3 Å². The number of nitrogens with two attached hydrogens (primary N) is 1. The minimum atomic E-state index is 0.393. The van der Waals surface area contributed by atoms with Crippen molar-refractivity contribution in [2.45, 2.75) is 19.8 Å². The van der Waals surface area contributed by atoms with Gasteiger partial charge in [-0.25, -0.2) is 0 Å². The molecule has 0 saturated carbocycles. The molecule has 1 saturated heterocycles. The second kappa shape index (κ2) is 6.87. The highest BCUT2D eigenvalue weighted by molar-refractivity contribution is 7.80. The van der Waals surface area contributed by atoms with Crippen LogP contribution in [0.5, 0.6) is 5.75 Å². The Morgan fingerprint density at radius 1 is 1.47 bits per heavy atom. The predicted octanol–water partition coefficient (Wildman–Crippen LogP) is 2.43. The molecule has 104 valence electrons. The van der Waals surface area contributed by atoms with Crippen LogP contribution in [-0.2, 0) is 0 Å². The van der Waals surface area contributed by atoms with Crippen LogP contribution in [0, 0.1) is 5.92 Å². The van der Waals surface area contributed by atoms with Crippen molar-refractivity contribution in [3.05, 3.63) is 29.8 Å². The van der Waals surface area contributed by atoms with Crippen LogP contribution in [0.3, 0.4) is 0 Å². The summed E-state index contributed by atoms with van der Waals surface area (Å²) in [6, 6.07) is 7.69. The second-order valence-corrected chi connectivity index (χ2v) is 5.70. The van der Waals surface area contributed by atoms with Gasteiger partial charge in [-0.15, -0.1) is 0 Å². The highest BCUT2D eigenvalue weighted by Crippen LogP contribution is 2.18. The quantitative estimate of drug-likeness (QED) is 0.641. The summed E-state index contributed by atoms with van der Waals surface area (Å²) in [6.07, 6.45) is 2.36. The van der Waals surface area contributed by atoms with E-state index in [1.54, 1.807) is 0 Å². The fraction of sp³-hybridized carbons (Fsp3) is 0.533. The van der Waals surface area contributed by atoms with Crippen molar-refractivity contribution in [1.29, 1.82) is 0 Å². The molecule has 0 aliphatic carbocycles. The van der Waals surface area contributed by atoms with Crippen molar-refractivity contribution in [1.82, 2.24) is 4.90 Å². The number of rotatable bonds is 6. The molecule has 1 aliphatic rings. The summed E-state index contributed by atoms with van der Waals surface area (Å²) in [7, 11) is 0. The van der Waals surface area contributed by atoms with Gasteiger partial charge in [0, 0.05) is 13.1 Å². The van der Waals surface area contributed by atoms with Crippen molar-refractivity contribution < 1.29 is 4.74 Å². The standard InChI is InChI=1S/C15H22N2OS/c1-12-7-9-17(11-12)8-4-10-18-14-6-3-2-5-13(14)15(16)19/h2-3,5-6,12H,4,7-11H2,1H3,(H2,16,19). The van der Waals surface area contributed by atoms with Crippen LogP contribution in [0.15, 0.2) is 24.3 Å². The summed E-state index contributed by atoms with van der Waals surface area (Å²) in [5.41, 5.74) is 6.50. The third kappa shape index (κ3) is 4.18. The molecule has 1 aromatic rings. The molecule has 0 bridgehead atoms. The van der Waals surface area contributed by atoms with Gasteiger partial charge >= 0.3 is 0 Å². The maximum Gasteiger partial charge on any atom is 0.129 e. The Morgan fingerprint density at radius 2 is 2.26 bits per heavy atom. The Bertz CT molecular complexity index is 436. The molecule has 0 amide bonds. The van der Waals surface area contributed by atoms with Crippen molar-refractivity contribution in [3.63, 3.8) is 0 Å². The Morgan fingerprint density at radius 3 is 2.95 bits per heavy atom. The molecule has 1 unspecified atom stereocenters. The van der Waals surface area contributed by atoms with E-state index >= 15 is 0 Å². The van der Waals surface area contributed by atoms with E-state index in [9.17, 15) is 0 Å². The van der Waals surface area contributed by atoms with Crippen molar-refractivity contribution in [2.24, 2.45) is 11.7 Å². The van der Waals surface area contributed by atoms with Gasteiger partial charge in [0.05, 0.1) is 12.2 Å². The molecule has 2 N–H and O–H groups in total. The smallest absolute Gasteiger partial charge is 0.129 e. The number of hydrogen-bond donors (Lipinski definition) is 1. The van der Waals surface area contributed by atoms with Gasteiger partial charge in [-0.05, 0) is 37.4 Å². The van der Waals surface area contributed by atoms with Crippen LogP contribution in [0.25, 0.3) is 0 Å². The first-order valence-corrected chi connectivity index (χ1v) is 7.31. The summed E-state index contributed by atoms with van der Waals surface area (Å²) < 4.78 is 5.79. The van der Waals surface area contributed by atoms with Crippen LogP contribution in [0.4, 0.5) is 0 Å². The van der Waals surface area contributed by atoms with Gasteiger partial charge in [-0.3, -0.25) is 0 Å². The van der Waals surface area contributed by atoms with E-state index in [-0.39, 0.29) is 0 Å². The lowest BCUT2D eigenvalue weighted by Crippen LogP contribution is -2.23. The van der Waals surface area contributed by atoms with E-state index in [2.05, 4.69) is 11.8 Å². The summed E-state index contributed by atoms with van der Waals surface area (Å²) >= 11 is 5.02. The molecule has 1 fully saturated rings. The molecule has 0 spiro atoms. The number of hydrogen-bond acceptors (Lipinski definition) is 3. The number of thiocarbonyl (C=S) groups is 1. The lowest BCUT2D eigenvalue weighted by Gasteiger charge is -2.16. The van der Waals surface area contributed by atoms with E-state index < -0.39 is 0 Å². The molecule has 3 nitrogen and oxygen atoms in total. The normalized spacial score (nSPS) is 19.5. The third-order valence-electron chi connectivity index (χ3n) is 3.54. The number of likely N-dealkylation sites (tertiary alicyclic amines) is 1. The fourth-order valence-corrected chi connectivity index (χ4v) is 2.66. The van der Waals surface area contributed by atoms with Gasteiger partial charge in [-0.1, -0.05) is 31.3 Å². The molecular formula is C15H22N2OS. The van der Waals surface area contributed by atoms with E-state index in [1.165, 1.54) is 19.5 Å². The minimum absolute atomic E-state index is 0.393. The molecule has 1 aliphatic heterocycles. The Labute approximate surface area is 120 Å². The van der Waals surface area contributed by atoms with Gasteiger partial charge in [0.2, 0.25) is 0 Å². The Balaban J connectivity index is 1.75. The van der Waals surface area contributed by atoms with Crippen molar-refractivity contribution >= 4 is 17.2 Å². The summed E-state index contributed by atoms with van der Waals surface area (Å²) in [5, 5.41) is 0. The lowest BCUT2D eigenvalue weighted by atomic mass is 10.2. The maximum atomic E-state index is 5.79. The van der Waals surface area contributed by atoms with E-state index in [0.717, 1.165) is 30.2 Å². The molecule has 4 heteroatoms. The molecule has 2 rings (SSSR count). The van der Waals surface area contributed by atoms with Crippen molar-refractivity contribution in [2.75, 3.05) is 26.2 Å². The zero-order valence-electron chi connectivity index (χ0n) is 11.5. The monoisotopic (exact) mass is 278 g/mol. The molecule has 1 aromatic carbocycles. The highest BCUT2D eigenvalue weighted by Gasteiger charge is 2.17. The average Bonchev–Trinajstić information content (AvgIpc) is 2.81. The molecular weight excluding hydrogens is 256 g/mol. The molecule has 19 heavy (non-hydrogen) atoms. The lowest BCUT2D eigenvalue weighted by molar-refractivity contribution is 0.259. The first kappa shape index (κ1) is 14.3. The summed E-state index contributed by atoms with van der Waals surface area (Å²) in [4.78, 5) is 2.90.